The Morgan fingerprint density at radius 2 is 2.18 bits per heavy atom. The van der Waals surface area contributed by atoms with Crippen LogP contribution in [0.1, 0.15) is 14.5 Å². The molecule has 0 aliphatic carbocycles. The van der Waals surface area contributed by atoms with Crippen molar-refractivity contribution in [1.29, 1.82) is 0 Å². The number of carbonyl (C=O) groups excluding carboxylic acids is 1. The van der Waals surface area contributed by atoms with Gasteiger partial charge in [-0.1, -0.05) is 31.9 Å². The molecule has 0 aliphatic heterocycles. The quantitative estimate of drug-likeness (QED) is 0.604. The van der Waals surface area contributed by atoms with Gasteiger partial charge in [-0.05, 0) is 19.1 Å². The van der Waals surface area contributed by atoms with E-state index in [1.165, 1.54) is 11.3 Å². The minimum absolute atomic E-state index is 0.0862. The average Bonchev–Trinajstić information content (AvgIpc) is 2.34. The first-order chi connectivity index (χ1) is 5.11. The standard InChI is InChI=1S/C7H6Br2OS/c1-4-2-3-5(11-4)6(10)7(8)9/h2-3,7H,1H3. The zero-order chi connectivity index (χ0) is 8.43. The maximum Gasteiger partial charge on any atom is 0.197 e. The fourth-order valence-corrected chi connectivity index (χ4v) is 2.31. The Morgan fingerprint density at radius 1 is 1.55 bits per heavy atom. The van der Waals surface area contributed by atoms with E-state index in [-0.39, 0.29) is 9.52 Å². The van der Waals surface area contributed by atoms with Crippen molar-refractivity contribution in [2.24, 2.45) is 0 Å². The Morgan fingerprint density at radius 3 is 2.55 bits per heavy atom. The molecule has 0 bridgehead atoms. The summed E-state index contributed by atoms with van der Waals surface area (Å²) in [4.78, 5) is 13.2. The van der Waals surface area contributed by atoms with Crippen LogP contribution in [0, 0.1) is 6.92 Å². The lowest BCUT2D eigenvalue weighted by molar-refractivity contribution is 0.102. The first kappa shape index (κ1) is 9.42. The summed E-state index contributed by atoms with van der Waals surface area (Å²) in [5, 5.41) is 0. The third kappa shape index (κ3) is 2.39. The number of hydrogen-bond donors (Lipinski definition) is 0. The van der Waals surface area contributed by atoms with Crippen molar-refractivity contribution in [1.82, 2.24) is 0 Å². The van der Waals surface area contributed by atoms with Crippen LogP contribution < -0.4 is 0 Å². The molecular weight excluding hydrogens is 292 g/mol. The van der Waals surface area contributed by atoms with Gasteiger partial charge in [0.25, 0.3) is 0 Å². The van der Waals surface area contributed by atoms with Gasteiger partial charge in [-0.3, -0.25) is 4.79 Å². The van der Waals surface area contributed by atoms with Crippen LogP contribution in [-0.2, 0) is 0 Å². The molecule has 1 aromatic rings. The largest absolute Gasteiger partial charge is 0.291 e. The minimum Gasteiger partial charge on any atom is -0.291 e. The highest BCUT2D eigenvalue weighted by atomic mass is 79.9. The second kappa shape index (κ2) is 3.83. The Bertz CT molecular complexity index is 267. The van der Waals surface area contributed by atoms with Crippen LogP contribution in [0.15, 0.2) is 12.1 Å². The molecule has 0 fully saturated rings. The summed E-state index contributed by atoms with van der Waals surface area (Å²) in [5.41, 5.74) is 0. The van der Waals surface area contributed by atoms with Crippen LogP contribution in [0.3, 0.4) is 0 Å². The van der Waals surface area contributed by atoms with Gasteiger partial charge in [-0.15, -0.1) is 11.3 Å². The van der Waals surface area contributed by atoms with Crippen LogP contribution in [0.2, 0.25) is 0 Å². The van der Waals surface area contributed by atoms with Crippen molar-refractivity contribution >= 4 is 49.0 Å². The molecule has 60 valence electrons. The number of hydrogen-bond acceptors (Lipinski definition) is 2. The number of carbonyl (C=O) groups is 1. The van der Waals surface area contributed by atoms with Gasteiger partial charge < -0.3 is 0 Å². The number of aryl methyl sites for hydroxylation is 1. The maximum atomic E-state index is 11.3. The van der Waals surface area contributed by atoms with Gasteiger partial charge in [0.05, 0.1) is 4.88 Å². The molecule has 0 N–H and O–H groups in total. The summed E-state index contributed by atoms with van der Waals surface area (Å²) in [6.07, 6.45) is 0. The van der Waals surface area contributed by atoms with Gasteiger partial charge >= 0.3 is 0 Å². The van der Waals surface area contributed by atoms with E-state index in [0.717, 1.165) is 9.75 Å². The maximum absolute atomic E-state index is 11.3. The summed E-state index contributed by atoms with van der Waals surface area (Å²) in [6, 6.07) is 3.79. The predicted molar refractivity (Wildman–Crippen MR) is 55.0 cm³/mol. The van der Waals surface area contributed by atoms with E-state index in [0.29, 0.717) is 0 Å². The number of halogens is 2. The zero-order valence-electron chi connectivity index (χ0n) is 5.80. The average molecular weight is 298 g/mol. The summed E-state index contributed by atoms with van der Waals surface area (Å²) in [5.74, 6) is 0.0862. The third-order valence-electron chi connectivity index (χ3n) is 1.18. The number of alkyl halides is 2. The predicted octanol–water partition coefficient (Wildman–Crippen LogP) is 3.36. The highest BCUT2D eigenvalue weighted by molar-refractivity contribution is 9.25. The van der Waals surface area contributed by atoms with Crippen LogP contribution in [0.5, 0.6) is 0 Å². The Labute approximate surface area is 86.1 Å². The van der Waals surface area contributed by atoms with Gasteiger partial charge in [-0.25, -0.2) is 0 Å². The molecule has 1 aromatic heterocycles. The second-order valence-electron chi connectivity index (χ2n) is 2.08. The first-order valence-corrected chi connectivity index (χ1v) is 5.65. The van der Waals surface area contributed by atoms with E-state index in [2.05, 4.69) is 31.9 Å². The van der Waals surface area contributed by atoms with Gasteiger partial charge in [0.15, 0.2) is 5.78 Å². The molecule has 0 radical (unpaired) electrons. The summed E-state index contributed by atoms with van der Waals surface area (Å²) < 4.78 is -0.256. The highest BCUT2D eigenvalue weighted by Crippen LogP contribution is 2.21. The van der Waals surface area contributed by atoms with Crippen molar-refractivity contribution in [2.75, 3.05) is 0 Å². The Balaban J connectivity index is 2.85. The molecule has 0 unspecified atom stereocenters. The lowest BCUT2D eigenvalue weighted by atomic mass is 10.3. The number of thiophene rings is 1. The van der Waals surface area contributed by atoms with E-state index >= 15 is 0 Å². The first-order valence-electron chi connectivity index (χ1n) is 3.00. The summed E-state index contributed by atoms with van der Waals surface area (Å²) in [6.45, 7) is 1.99. The molecule has 0 saturated carbocycles. The Kier molecular flexibility index (Phi) is 3.28. The molecule has 1 nitrogen and oxygen atoms in total. The minimum atomic E-state index is -0.256. The van der Waals surface area contributed by atoms with E-state index in [1.54, 1.807) is 0 Å². The van der Waals surface area contributed by atoms with Gasteiger partial charge in [-0.2, -0.15) is 0 Å². The zero-order valence-corrected chi connectivity index (χ0v) is 9.79. The van der Waals surface area contributed by atoms with E-state index in [4.69, 9.17) is 0 Å². The van der Waals surface area contributed by atoms with Crippen LogP contribution in [0.25, 0.3) is 0 Å². The van der Waals surface area contributed by atoms with E-state index in [9.17, 15) is 4.79 Å². The van der Waals surface area contributed by atoms with Gasteiger partial charge in [0, 0.05) is 4.88 Å². The topological polar surface area (TPSA) is 17.1 Å². The summed E-state index contributed by atoms with van der Waals surface area (Å²) >= 11 is 7.83. The molecule has 0 saturated heterocycles. The molecule has 0 aromatic carbocycles. The molecular formula is C7H6Br2OS. The number of ketones is 1. The normalized spacial score (nSPS) is 10.5. The Hall–Kier alpha value is 0.330. The van der Waals surface area contributed by atoms with Crippen molar-refractivity contribution in [3.05, 3.63) is 21.9 Å². The monoisotopic (exact) mass is 296 g/mol. The molecule has 0 amide bonds. The fraction of sp³-hybridized carbons (Fsp3) is 0.286. The van der Waals surface area contributed by atoms with E-state index < -0.39 is 0 Å². The third-order valence-corrected chi connectivity index (χ3v) is 3.03. The molecule has 0 spiro atoms. The molecule has 11 heavy (non-hydrogen) atoms. The smallest absolute Gasteiger partial charge is 0.197 e. The van der Waals surface area contributed by atoms with Crippen LogP contribution in [-0.4, -0.2) is 9.52 Å². The molecule has 4 heteroatoms. The highest BCUT2D eigenvalue weighted by Gasteiger charge is 2.14. The van der Waals surface area contributed by atoms with Crippen LogP contribution >= 0.6 is 43.2 Å². The lowest BCUT2D eigenvalue weighted by Crippen LogP contribution is -2.03. The lowest BCUT2D eigenvalue weighted by Gasteiger charge is -1.95. The van der Waals surface area contributed by atoms with Crippen molar-refractivity contribution < 1.29 is 4.79 Å². The van der Waals surface area contributed by atoms with Crippen molar-refractivity contribution in [3.8, 4) is 0 Å². The molecule has 1 heterocycles. The van der Waals surface area contributed by atoms with Crippen molar-refractivity contribution in [3.63, 3.8) is 0 Å². The second-order valence-corrected chi connectivity index (χ2v) is 6.42. The van der Waals surface area contributed by atoms with Crippen LogP contribution in [0.4, 0.5) is 0 Å². The van der Waals surface area contributed by atoms with Crippen molar-refractivity contribution in [2.45, 2.75) is 10.7 Å². The molecule has 0 aliphatic rings. The number of rotatable bonds is 2. The fourth-order valence-electron chi connectivity index (χ4n) is 0.674. The van der Waals surface area contributed by atoms with E-state index in [1.807, 2.05) is 19.1 Å². The van der Waals surface area contributed by atoms with Gasteiger partial charge in [0.1, 0.15) is 3.74 Å². The number of Topliss-reactive ketones (excluding diaryl/α,β-unsaturated/α-hetero) is 1. The SMILES string of the molecule is Cc1ccc(C(=O)C(Br)Br)s1. The summed E-state index contributed by atoms with van der Waals surface area (Å²) in [7, 11) is 0. The van der Waals surface area contributed by atoms with Gasteiger partial charge in [0.2, 0.25) is 0 Å². The molecule has 1 rings (SSSR count). The molecule has 0 atom stereocenters.